The molecule has 5 N–H and O–H groups in total. The van der Waals surface area contributed by atoms with Crippen molar-refractivity contribution in [3.63, 3.8) is 0 Å². The molecule has 0 fully saturated rings. The molecule has 1 amide bonds. The summed E-state index contributed by atoms with van der Waals surface area (Å²) < 4.78 is 30.3. The van der Waals surface area contributed by atoms with E-state index in [-0.39, 0.29) is 5.56 Å². The van der Waals surface area contributed by atoms with Gasteiger partial charge in [-0.15, -0.1) is 0 Å². The Morgan fingerprint density at radius 2 is 1.94 bits per heavy atom. The molecule has 1 rings (SSSR count). The van der Waals surface area contributed by atoms with E-state index in [1.165, 1.54) is 0 Å². The molecule has 8 nitrogen and oxygen atoms in total. The standard InChI is InChI=1S/C7H8N2O6S/c8-7(10)4-1-5(9(11)12)3-6(2-4)16(13,14)15/h1-3,9,11H,(H2,8,10)(H,13,14,15). The van der Waals surface area contributed by atoms with Gasteiger partial charge in [-0.05, 0) is 6.07 Å². The summed E-state index contributed by atoms with van der Waals surface area (Å²) in [5, 5.41) is 17.8. The van der Waals surface area contributed by atoms with Crippen LogP contribution in [0.25, 0.3) is 0 Å². The minimum absolute atomic E-state index is 0.312. The fourth-order valence-electron chi connectivity index (χ4n) is 1.01. The Labute approximate surface area is 90.2 Å². The number of nitrogens with two attached hydrogens (primary N) is 1. The molecule has 0 aliphatic heterocycles. The van der Waals surface area contributed by atoms with Gasteiger partial charge in [-0.2, -0.15) is 13.6 Å². The molecule has 0 aliphatic rings. The first-order valence-corrected chi connectivity index (χ1v) is 5.31. The monoisotopic (exact) mass is 248 g/mol. The third kappa shape index (κ3) is 2.74. The van der Waals surface area contributed by atoms with Gasteiger partial charge >= 0.3 is 0 Å². The van der Waals surface area contributed by atoms with Crippen LogP contribution in [0.15, 0.2) is 23.1 Å². The molecule has 0 heterocycles. The summed E-state index contributed by atoms with van der Waals surface area (Å²) >= 11 is 0. The van der Waals surface area contributed by atoms with E-state index in [1.54, 1.807) is 0 Å². The van der Waals surface area contributed by atoms with Crippen molar-refractivity contribution in [2.45, 2.75) is 4.90 Å². The summed E-state index contributed by atoms with van der Waals surface area (Å²) in [4.78, 5) is 10.1. The quantitative estimate of drug-likeness (QED) is 0.375. The van der Waals surface area contributed by atoms with Crippen molar-refractivity contribution in [1.82, 2.24) is 0 Å². The van der Waals surface area contributed by atoms with Gasteiger partial charge in [0.2, 0.25) is 5.91 Å². The van der Waals surface area contributed by atoms with Crippen LogP contribution in [0.4, 0.5) is 5.69 Å². The maximum Gasteiger partial charge on any atom is 0.294 e. The SMILES string of the molecule is NC(=O)c1cc([NH+]([O-])O)cc(S(=O)(=O)O)c1. The fourth-order valence-corrected chi connectivity index (χ4v) is 1.57. The predicted molar refractivity (Wildman–Crippen MR) is 50.6 cm³/mol. The van der Waals surface area contributed by atoms with Crippen LogP contribution in [0.1, 0.15) is 10.4 Å². The van der Waals surface area contributed by atoms with E-state index in [1.807, 2.05) is 0 Å². The van der Waals surface area contributed by atoms with Crippen LogP contribution < -0.4 is 11.0 Å². The maximum absolute atomic E-state index is 10.8. The normalized spacial score (nSPS) is 13.4. The average Bonchev–Trinajstić information content (AvgIpc) is 2.15. The lowest BCUT2D eigenvalue weighted by Crippen LogP contribution is -2.99. The third-order valence-electron chi connectivity index (χ3n) is 1.74. The van der Waals surface area contributed by atoms with Crippen LogP contribution in [0.3, 0.4) is 0 Å². The molecule has 0 saturated carbocycles. The Kier molecular flexibility index (Phi) is 3.26. The van der Waals surface area contributed by atoms with E-state index in [2.05, 4.69) is 0 Å². The zero-order valence-corrected chi connectivity index (χ0v) is 8.56. The molecule has 0 aliphatic carbocycles. The summed E-state index contributed by atoms with van der Waals surface area (Å²) in [5.74, 6) is -0.993. The van der Waals surface area contributed by atoms with Gasteiger partial charge in [0.15, 0.2) is 5.69 Å². The summed E-state index contributed by atoms with van der Waals surface area (Å²) in [6.45, 7) is 0. The Hall–Kier alpha value is -1.52. The predicted octanol–water partition coefficient (Wildman–Crippen LogP) is -1.56. The van der Waals surface area contributed by atoms with Gasteiger partial charge < -0.3 is 10.9 Å². The van der Waals surface area contributed by atoms with Crippen molar-refractivity contribution < 1.29 is 28.2 Å². The molecule has 16 heavy (non-hydrogen) atoms. The number of amides is 1. The number of hydrogen-bond donors (Lipinski definition) is 4. The Balaban J connectivity index is 3.48. The number of hydrogen-bond acceptors (Lipinski definition) is 5. The van der Waals surface area contributed by atoms with Gasteiger partial charge in [0, 0.05) is 17.7 Å². The lowest BCUT2D eigenvalue weighted by molar-refractivity contribution is -0.991. The summed E-state index contributed by atoms with van der Waals surface area (Å²) in [7, 11) is -4.59. The number of quaternary nitrogens is 1. The molecule has 88 valence electrons. The highest BCUT2D eigenvalue weighted by Crippen LogP contribution is 2.16. The minimum Gasteiger partial charge on any atom is -0.595 e. The number of primary amides is 1. The third-order valence-corrected chi connectivity index (χ3v) is 2.57. The maximum atomic E-state index is 10.8. The van der Waals surface area contributed by atoms with Gasteiger partial charge in [0.25, 0.3) is 10.1 Å². The van der Waals surface area contributed by atoms with E-state index in [0.717, 1.165) is 18.2 Å². The first-order valence-electron chi connectivity index (χ1n) is 3.87. The molecule has 0 radical (unpaired) electrons. The second-order valence-corrected chi connectivity index (χ2v) is 4.31. The largest absolute Gasteiger partial charge is 0.595 e. The van der Waals surface area contributed by atoms with E-state index < -0.39 is 31.8 Å². The van der Waals surface area contributed by atoms with Crippen molar-refractivity contribution in [2.24, 2.45) is 5.73 Å². The second kappa shape index (κ2) is 4.15. The molecule has 0 saturated heterocycles. The van der Waals surface area contributed by atoms with E-state index >= 15 is 0 Å². The van der Waals surface area contributed by atoms with Crippen molar-refractivity contribution in [3.05, 3.63) is 29.0 Å². The van der Waals surface area contributed by atoms with E-state index in [9.17, 15) is 18.4 Å². The van der Waals surface area contributed by atoms with Crippen LogP contribution in [0.5, 0.6) is 0 Å². The van der Waals surface area contributed by atoms with Crippen LogP contribution in [0.2, 0.25) is 0 Å². The topological polar surface area (TPSA) is 145 Å². The zero-order valence-electron chi connectivity index (χ0n) is 7.75. The lowest BCUT2D eigenvalue weighted by Gasteiger charge is -2.12. The van der Waals surface area contributed by atoms with Crippen LogP contribution in [0, 0.1) is 5.21 Å². The molecule has 0 aromatic heterocycles. The van der Waals surface area contributed by atoms with Crippen molar-refractivity contribution in [1.29, 1.82) is 0 Å². The van der Waals surface area contributed by atoms with Crippen LogP contribution >= 0.6 is 0 Å². The number of benzene rings is 1. The first kappa shape index (κ1) is 12.5. The molecule has 9 heteroatoms. The zero-order chi connectivity index (χ0) is 12.5. The highest BCUT2D eigenvalue weighted by molar-refractivity contribution is 7.85. The second-order valence-electron chi connectivity index (χ2n) is 2.89. The molecule has 0 bridgehead atoms. The van der Waals surface area contributed by atoms with E-state index in [4.69, 9.17) is 15.5 Å². The molecular formula is C7H8N2O6S. The molecular weight excluding hydrogens is 240 g/mol. The molecule has 1 aromatic rings. The van der Waals surface area contributed by atoms with Crippen LogP contribution in [-0.4, -0.2) is 24.1 Å². The molecule has 0 spiro atoms. The van der Waals surface area contributed by atoms with E-state index in [0.29, 0.717) is 0 Å². The highest BCUT2D eigenvalue weighted by atomic mass is 32.2. The average molecular weight is 248 g/mol. The first-order chi connectivity index (χ1) is 7.21. The Morgan fingerprint density at radius 1 is 1.38 bits per heavy atom. The van der Waals surface area contributed by atoms with Gasteiger partial charge in [-0.25, -0.2) is 5.21 Å². The Morgan fingerprint density at radius 3 is 2.31 bits per heavy atom. The Bertz CT molecular complexity index is 524. The smallest absolute Gasteiger partial charge is 0.294 e. The number of nitrogens with one attached hydrogen (secondary N) is 1. The highest BCUT2D eigenvalue weighted by Gasteiger charge is 2.16. The molecule has 1 aromatic carbocycles. The van der Waals surface area contributed by atoms with Crippen molar-refractivity contribution in [2.75, 3.05) is 0 Å². The summed E-state index contributed by atoms with van der Waals surface area (Å²) in [6.07, 6.45) is 0. The summed E-state index contributed by atoms with van der Waals surface area (Å²) in [6, 6.07) is 2.44. The fraction of sp³-hybridized carbons (Fsp3) is 0. The van der Waals surface area contributed by atoms with Gasteiger partial charge in [0.1, 0.15) is 4.90 Å². The van der Waals surface area contributed by atoms with Crippen molar-refractivity contribution in [3.8, 4) is 0 Å². The number of carbonyl (C=O) groups excluding carboxylic acids is 1. The van der Waals surface area contributed by atoms with Crippen molar-refractivity contribution >= 4 is 21.7 Å². The molecule has 1 atom stereocenters. The number of rotatable bonds is 3. The van der Waals surface area contributed by atoms with Crippen LogP contribution in [-0.2, 0) is 10.1 Å². The lowest BCUT2D eigenvalue weighted by atomic mass is 10.2. The van der Waals surface area contributed by atoms with Gasteiger partial charge in [0.05, 0.1) is 0 Å². The summed E-state index contributed by atoms with van der Waals surface area (Å²) in [5.41, 5.74) is 4.12. The number of carbonyl (C=O) groups is 1. The van der Waals surface area contributed by atoms with Gasteiger partial charge in [-0.3, -0.25) is 9.35 Å². The van der Waals surface area contributed by atoms with Gasteiger partial charge in [-0.1, -0.05) is 0 Å². The molecule has 1 unspecified atom stereocenters. The minimum atomic E-state index is -4.59.